The van der Waals surface area contributed by atoms with Gasteiger partial charge in [0.2, 0.25) is 0 Å². The Kier molecular flexibility index (Phi) is 5.03. The molecule has 1 atom stereocenters. The van der Waals surface area contributed by atoms with E-state index in [1.54, 1.807) is 0 Å². The van der Waals surface area contributed by atoms with E-state index in [1.807, 2.05) is 19.1 Å². The average molecular weight is 314 g/mol. The lowest BCUT2D eigenvalue weighted by atomic mass is 9.87. The smallest absolute Gasteiger partial charge is 0.124 e. The molecule has 0 saturated carbocycles. The standard InChI is InChI=1S/C14H20BrNO2/c1-2-18-13-4-3-11(15)9-12(13)14(16)10-5-7-17-8-6-10/h3-4,9-10,14H,2,5-8,16H2,1H3/t14-/m0/s1. The third-order valence-corrected chi connectivity index (χ3v) is 3.90. The molecule has 0 spiro atoms. The molecule has 1 aromatic carbocycles. The first kappa shape index (κ1) is 13.8. The second kappa shape index (κ2) is 6.55. The van der Waals surface area contributed by atoms with Crippen molar-refractivity contribution in [3.8, 4) is 5.75 Å². The number of ether oxygens (including phenoxy) is 2. The first-order valence-electron chi connectivity index (χ1n) is 6.48. The molecule has 18 heavy (non-hydrogen) atoms. The molecule has 0 amide bonds. The molecule has 1 saturated heterocycles. The van der Waals surface area contributed by atoms with Crippen molar-refractivity contribution < 1.29 is 9.47 Å². The van der Waals surface area contributed by atoms with Gasteiger partial charge < -0.3 is 15.2 Å². The van der Waals surface area contributed by atoms with Crippen molar-refractivity contribution in [1.82, 2.24) is 0 Å². The Morgan fingerprint density at radius 2 is 2.17 bits per heavy atom. The number of halogens is 1. The summed E-state index contributed by atoms with van der Waals surface area (Å²) < 4.78 is 12.1. The van der Waals surface area contributed by atoms with Crippen LogP contribution in [0.3, 0.4) is 0 Å². The molecular weight excluding hydrogens is 294 g/mol. The van der Waals surface area contributed by atoms with Crippen molar-refractivity contribution in [3.63, 3.8) is 0 Å². The summed E-state index contributed by atoms with van der Waals surface area (Å²) in [6.45, 7) is 4.29. The number of rotatable bonds is 4. The highest BCUT2D eigenvalue weighted by Crippen LogP contribution is 2.35. The van der Waals surface area contributed by atoms with Crippen LogP contribution in [0.25, 0.3) is 0 Å². The Morgan fingerprint density at radius 1 is 1.44 bits per heavy atom. The zero-order chi connectivity index (χ0) is 13.0. The Labute approximate surface area is 117 Å². The van der Waals surface area contributed by atoms with Gasteiger partial charge in [-0.1, -0.05) is 15.9 Å². The van der Waals surface area contributed by atoms with Gasteiger partial charge in [-0.2, -0.15) is 0 Å². The van der Waals surface area contributed by atoms with E-state index in [0.29, 0.717) is 12.5 Å². The molecule has 3 nitrogen and oxygen atoms in total. The van der Waals surface area contributed by atoms with Gasteiger partial charge in [-0.05, 0) is 43.9 Å². The molecule has 1 heterocycles. The predicted molar refractivity (Wildman–Crippen MR) is 75.8 cm³/mol. The molecule has 1 aliphatic heterocycles. The number of hydrogen-bond acceptors (Lipinski definition) is 3. The van der Waals surface area contributed by atoms with E-state index >= 15 is 0 Å². The molecular formula is C14H20BrNO2. The van der Waals surface area contributed by atoms with E-state index in [1.165, 1.54) is 0 Å². The zero-order valence-corrected chi connectivity index (χ0v) is 12.3. The Balaban J connectivity index is 2.21. The summed E-state index contributed by atoms with van der Waals surface area (Å²) in [6, 6.07) is 6.08. The highest BCUT2D eigenvalue weighted by atomic mass is 79.9. The maximum Gasteiger partial charge on any atom is 0.124 e. The van der Waals surface area contributed by atoms with E-state index in [2.05, 4.69) is 22.0 Å². The highest BCUT2D eigenvalue weighted by molar-refractivity contribution is 9.10. The Morgan fingerprint density at radius 3 is 2.83 bits per heavy atom. The summed E-state index contributed by atoms with van der Waals surface area (Å²) in [5.74, 6) is 1.38. The fourth-order valence-electron chi connectivity index (χ4n) is 2.40. The van der Waals surface area contributed by atoms with Gasteiger partial charge in [0.25, 0.3) is 0 Å². The Bertz CT molecular complexity index is 391. The van der Waals surface area contributed by atoms with E-state index < -0.39 is 0 Å². The van der Waals surface area contributed by atoms with Crippen LogP contribution in [0.1, 0.15) is 31.4 Å². The van der Waals surface area contributed by atoms with Crippen molar-refractivity contribution in [2.24, 2.45) is 11.7 Å². The summed E-state index contributed by atoms with van der Waals surface area (Å²) in [7, 11) is 0. The van der Waals surface area contributed by atoms with Crippen molar-refractivity contribution >= 4 is 15.9 Å². The average Bonchev–Trinajstić information content (AvgIpc) is 2.41. The Hall–Kier alpha value is -0.580. The van der Waals surface area contributed by atoms with Gasteiger partial charge in [0.05, 0.1) is 6.61 Å². The molecule has 1 fully saturated rings. The quantitative estimate of drug-likeness (QED) is 0.927. The molecule has 2 rings (SSSR count). The van der Waals surface area contributed by atoms with Crippen LogP contribution >= 0.6 is 15.9 Å². The predicted octanol–water partition coefficient (Wildman–Crippen LogP) is 3.27. The van der Waals surface area contributed by atoms with E-state index in [4.69, 9.17) is 15.2 Å². The molecule has 4 heteroatoms. The third-order valence-electron chi connectivity index (χ3n) is 3.40. The van der Waals surface area contributed by atoms with Crippen molar-refractivity contribution in [1.29, 1.82) is 0 Å². The van der Waals surface area contributed by atoms with Gasteiger partial charge in [0, 0.05) is 29.3 Å². The fraction of sp³-hybridized carbons (Fsp3) is 0.571. The molecule has 1 aliphatic rings. The van der Waals surface area contributed by atoms with Gasteiger partial charge in [-0.25, -0.2) is 0 Å². The maximum atomic E-state index is 6.41. The summed E-state index contributed by atoms with van der Waals surface area (Å²) in [5, 5.41) is 0. The largest absolute Gasteiger partial charge is 0.494 e. The van der Waals surface area contributed by atoms with Gasteiger partial charge in [0.15, 0.2) is 0 Å². The lowest BCUT2D eigenvalue weighted by molar-refractivity contribution is 0.0580. The van der Waals surface area contributed by atoms with Crippen molar-refractivity contribution in [2.75, 3.05) is 19.8 Å². The SMILES string of the molecule is CCOc1ccc(Br)cc1[C@@H](N)C1CCOCC1. The van der Waals surface area contributed by atoms with E-state index in [-0.39, 0.29) is 6.04 Å². The lowest BCUT2D eigenvalue weighted by Crippen LogP contribution is -2.27. The van der Waals surface area contributed by atoms with Crippen LogP contribution in [-0.2, 0) is 4.74 Å². The third kappa shape index (κ3) is 3.25. The summed E-state index contributed by atoms with van der Waals surface area (Å²) >= 11 is 3.50. The van der Waals surface area contributed by atoms with Crippen LogP contribution in [0.2, 0.25) is 0 Å². The summed E-state index contributed by atoms with van der Waals surface area (Å²) in [5.41, 5.74) is 7.51. The fourth-order valence-corrected chi connectivity index (χ4v) is 2.77. The molecule has 0 aliphatic carbocycles. The molecule has 0 aromatic heterocycles. The molecule has 0 unspecified atom stereocenters. The minimum absolute atomic E-state index is 0.0212. The highest BCUT2D eigenvalue weighted by Gasteiger charge is 2.24. The van der Waals surface area contributed by atoms with E-state index in [0.717, 1.165) is 41.8 Å². The minimum Gasteiger partial charge on any atom is -0.494 e. The normalized spacial score (nSPS) is 18.6. The number of nitrogens with two attached hydrogens (primary N) is 1. The van der Waals surface area contributed by atoms with Gasteiger partial charge in [-0.15, -0.1) is 0 Å². The summed E-state index contributed by atoms with van der Waals surface area (Å²) in [6.07, 6.45) is 2.05. The van der Waals surface area contributed by atoms with Crippen LogP contribution in [0.4, 0.5) is 0 Å². The van der Waals surface area contributed by atoms with Crippen LogP contribution in [-0.4, -0.2) is 19.8 Å². The van der Waals surface area contributed by atoms with Gasteiger partial charge in [0.1, 0.15) is 5.75 Å². The molecule has 0 radical (unpaired) electrons. The van der Waals surface area contributed by atoms with Gasteiger partial charge >= 0.3 is 0 Å². The monoisotopic (exact) mass is 313 g/mol. The van der Waals surface area contributed by atoms with Crippen LogP contribution < -0.4 is 10.5 Å². The molecule has 2 N–H and O–H groups in total. The second-order valence-corrected chi connectivity index (χ2v) is 5.51. The second-order valence-electron chi connectivity index (χ2n) is 4.59. The maximum absolute atomic E-state index is 6.41. The van der Waals surface area contributed by atoms with Crippen molar-refractivity contribution in [3.05, 3.63) is 28.2 Å². The number of benzene rings is 1. The lowest BCUT2D eigenvalue weighted by Gasteiger charge is -2.29. The number of hydrogen-bond donors (Lipinski definition) is 1. The molecule has 0 bridgehead atoms. The zero-order valence-electron chi connectivity index (χ0n) is 10.7. The van der Waals surface area contributed by atoms with E-state index in [9.17, 15) is 0 Å². The van der Waals surface area contributed by atoms with Crippen LogP contribution in [0, 0.1) is 5.92 Å². The minimum atomic E-state index is 0.0212. The molecule has 1 aromatic rings. The van der Waals surface area contributed by atoms with Crippen LogP contribution in [0.5, 0.6) is 5.75 Å². The molecule has 100 valence electrons. The topological polar surface area (TPSA) is 44.5 Å². The summed E-state index contributed by atoms with van der Waals surface area (Å²) in [4.78, 5) is 0. The van der Waals surface area contributed by atoms with Crippen LogP contribution in [0.15, 0.2) is 22.7 Å². The van der Waals surface area contributed by atoms with Gasteiger partial charge in [-0.3, -0.25) is 0 Å². The van der Waals surface area contributed by atoms with Crippen molar-refractivity contribution in [2.45, 2.75) is 25.8 Å². The first-order valence-corrected chi connectivity index (χ1v) is 7.27. The first-order chi connectivity index (χ1) is 8.72.